The second kappa shape index (κ2) is 7.63. The molecule has 2 aromatic rings. The molecule has 0 N–H and O–H groups in total. The van der Waals surface area contributed by atoms with E-state index in [1.165, 1.54) is 12.1 Å². The Hall–Kier alpha value is -1.83. The summed E-state index contributed by atoms with van der Waals surface area (Å²) in [5.41, 5.74) is 0.763. The van der Waals surface area contributed by atoms with Gasteiger partial charge in [-0.3, -0.25) is 0 Å². The highest BCUT2D eigenvalue weighted by molar-refractivity contribution is 9.09. The van der Waals surface area contributed by atoms with Gasteiger partial charge in [-0.1, -0.05) is 45.3 Å². The number of oxime groups is 1. The van der Waals surface area contributed by atoms with Gasteiger partial charge in [0.25, 0.3) is 0 Å². The van der Waals surface area contributed by atoms with Crippen molar-refractivity contribution in [1.29, 1.82) is 0 Å². The Morgan fingerprint density at radius 2 is 2.00 bits per heavy atom. The lowest BCUT2D eigenvalue weighted by Crippen LogP contribution is -2.04. The molecule has 0 unspecified atom stereocenters. The number of aromatic nitrogens is 1. The van der Waals surface area contributed by atoms with Crippen molar-refractivity contribution in [2.75, 3.05) is 11.9 Å². The van der Waals surface area contributed by atoms with Gasteiger partial charge in [-0.25, -0.2) is 0 Å². The summed E-state index contributed by atoms with van der Waals surface area (Å²) in [7, 11) is 0. The Labute approximate surface area is 139 Å². The minimum absolute atomic E-state index is 0.396. The fourth-order valence-electron chi connectivity index (χ4n) is 1.73. The quantitative estimate of drug-likeness (QED) is 0.305. The van der Waals surface area contributed by atoms with E-state index in [1.54, 1.807) is 6.07 Å². The van der Waals surface area contributed by atoms with Crippen LogP contribution in [0.4, 0.5) is 13.2 Å². The molecule has 0 amide bonds. The summed E-state index contributed by atoms with van der Waals surface area (Å²) in [6.45, 7) is 2.44. The van der Waals surface area contributed by atoms with Gasteiger partial charge < -0.3 is 9.36 Å². The van der Waals surface area contributed by atoms with Gasteiger partial charge in [0.1, 0.15) is 18.0 Å². The maximum absolute atomic E-state index is 12.6. The molecule has 0 saturated carbocycles. The van der Waals surface area contributed by atoms with E-state index >= 15 is 0 Å². The lowest BCUT2D eigenvalue weighted by Gasteiger charge is -2.06. The third kappa shape index (κ3) is 4.57. The molecule has 1 heterocycles. The molecule has 1 aromatic carbocycles. The van der Waals surface area contributed by atoms with Gasteiger partial charge in [0.15, 0.2) is 5.76 Å². The van der Waals surface area contributed by atoms with E-state index in [1.807, 2.05) is 6.92 Å². The molecule has 0 spiro atoms. The SMILES string of the molecule is CCCO/N=C(\CBr)c1cc(-c2ccc(C(F)(F)F)cc2)no1. The molecule has 4 nitrogen and oxygen atoms in total. The topological polar surface area (TPSA) is 47.6 Å². The first-order chi connectivity index (χ1) is 11.0. The standard InChI is InChI=1S/C15H14BrF3N2O2/c1-2-7-22-20-13(9-16)14-8-12(21-23-14)10-3-5-11(6-4-10)15(17,18)19/h3-6,8H,2,7,9H2,1H3/b20-13+. The van der Waals surface area contributed by atoms with Crippen LogP contribution in [0.3, 0.4) is 0 Å². The second-order valence-corrected chi connectivity index (χ2v) is 5.22. The molecule has 0 atom stereocenters. The first kappa shape index (κ1) is 17.5. The highest BCUT2D eigenvalue weighted by atomic mass is 79.9. The first-order valence-corrected chi connectivity index (χ1v) is 7.97. The van der Waals surface area contributed by atoms with Crippen molar-refractivity contribution in [2.45, 2.75) is 19.5 Å². The molecule has 0 radical (unpaired) electrons. The maximum Gasteiger partial charge on any atom is 0.416 e. The molecule has 0 bridgehead atoms. The average Bonchev–Trinajstić information content (AvgIpc) is 3.01. The molecule has 0 aliphatic heterocycles. The second-order valence-electron chi connectivity index (χ2n) is 4.66. The van der Waals surface area contributed by atoms with Crippen LogP contribution in [-0.4, -0.2) is 22.8 Å². The van der Waals surface area contributed by atoms with Gasteiger partial charge in [-0.05, 0) is 18.6 Å². The molecule has 2 rings (SSSR count). The van der Waals surface area contributed by atoms with Gasteiger partial charge in [0.2, 0.25) is 0 Å². The molecule has 1 aromatic heterocycles. The Morgan fingerprint density at radius 3 is 2.57 bits per heavy atom. The van der Waals surface area contributed by atoms with Crippen LogP contribution in [0.15, 0.2) is 40.0 Å². The van der Waals surface area contributed by atoms with Crippen molar-refractivity contribution in [2.24, 2.45) is 5.16 Å². The molecule has 0 aliphatic rings. The molecular weight excluding hydrogens is 377 g/mol. The molecule has 124 valence electrons. The predicted octanol–water partition coefficient (Wildman–Crippen LogP) is 4.89. The number of rotatable bonds is 6. The number of hydrogen-bond acceptors (Lipinski definition) is 4. The summed E-state index contributed by atoms with van der Waals surface area (Å²) in [6, 6.07) is 6.32. The minimum Gasteiger partial charge on any atom is -0.395 e. The maximum atomic E-state index is 12.6. The van der Waals surface area contributed by atoms with Crippen LogP contribution in [0.5, 0.6) is 0 Å². The summed E-state index contributed by atoms with van der Waals surface area (Å²) >= 11 is 3.28. The number of alkyl halides is 4. The molecular formula is C15H14BrF3N2O2. The number of benzene rings is 1. The summed E-state index contributed by atoms with van der Waals surface area (Å²) in [5, 5.41) is 8.21. The Bertz CT molecular complexity index is 666. The molecule has 0 fully saturated rings. The third-order valence-electron chi connectivity index (χ3n) is 2.90. The fraction of sp³-hybridized carbons (Fsp3) is 0.333. The summed E-state index contributed by atoms with van der Waals surface area (Å²) < 4.78 is 42.9. The van der Waals surface area contributed by atoms with E-state index in [0.29, 0.717) is 34.7 Å². The van der Waals surface area contributed by atoms with Crippen molar-refractivity contribution < 1.29 is 22.5 Å². The normalized spacial score (nSPS) is 12.5. The first-order valence-electron chi connectivity index (χ1n) is 6.85. The summed E-state index contributed by atoms with van der Waals surface area (Å²) in [6.07, 6.45) is -3.54. The average molecular weight is 391 g/mol. The van der Waals surface area contributed by atoms with Gasteiger partial charge in [-0.15, -0.1) is 0 Å². The molecule has 0 aliphatic carbocycles. The van der Waals surface area contributed by atoms with Crippen molar-refractivity contribution >= 4 is 21.6 Å². The summed E-state index contributed by atoms with van der Waals surface area (Å²) in [4.78, 5) is 5.10. The third-order valence-corrected chi connectivity index (χ3v) is 3.43. The van der Waals surface area contributed by atoms with Crippen LogP contribution < -0.4 is 0 Å². The minimum atomic E-state index is -4.36. The van der Waals surface area contributed by atoms with Crippen molar-refractivity contribution in [3.63, 3.8) is 0 Å². The van der Waals surface area contributed by atoms with Crippen LogP contribution in [-0.2, 0) is 11.0 Å². The van der Waals surface area contributed by atoms with Crippen LogP contribution in [0.1, 0.15) is 24.7 Å². The van der Waals surface area contributed by atoms with Gasteiger partial charge in [0.05, 0.1) is 10.9 Å². The van der Waals surface area contributed by atoms with E-state index in [4.69, 9.17) is 9.36 Å². The van der Waals surface area contributed by atoms with Crippen molar-refractivity contribution in [3.05, 3.63) is 41.7 Å². The Balaban J connectivity index is 2.19. The zero-order valence-electron chi connectivity index (χ0n) is 12.2. The van der Waals surface area contributed by atoms with Crippen LogP contribution >= 0.6 is 15.9 Å². The number of halogens is 4. The van der Waals surface area contributed by atoms with Crippen LogP contribution in [0.2, 0.25) is 0 Å². The van der Waals surface area contributed by atoms with E-state index in [-0.39, 0.29) is 0 Å². The molecule has 8 heteroatoms. The molecule has 23 heavy (non-hydrogen) atoms. The lowest BCUT2D eigenvalue weighted by molar-refractivity contribution is -0.137. The largest absolute Gasteiger partial charge is 0.416 e. The summed E-state index contributed by atoms with van der Waals surface area (Å²) in [5.74, 6) is 0.396. The van der Waals surface area contributed by atoms with E-state index in [9.17, 15) is 13.2 Å². The zero-order chi connectivity index (χ0) is 16.9. The van der Waals surface area contributed by atoms with E-state index in [2.05, 4.69) is 26.2 Å². The number of nitrogens with zero attached hydrogens (tertiary/aromatic N) is 2. The van der Waals surface area contributed by atoms with Gasteiger partial charge in [-0.2, -0.15) is 13.2 Å². The highest BCUT2D eigenvalue weighted by Gasteiger charge is 2.30. The zero-order valence-corrected chi connectivity index (χ0v) is 13.8. The predicted molar refractivity (Wildman–Crippen MR) is 83.5 cm³/mol. The van der Waals surface area contributed by atoms with E-state index in [0.717, 1.165) is 18.6 Å². The molecule has 0 saturated heterocycles. The smallest absolute Gasteiger partial charge is 0.395 e. The van der Waals surface area contributed by atoms with Crippen molar-refractivity contribution in [1.82, 2.24) is 5.16 Å². The van der Waals surface area contributed by atoms with Crippen molar-refractivity contribution in [3.8, 4) is 11.3 Å². The highest BCUT2D eigenvalue weighted by Crippen LogP contribution is 2.30. The van der Waals surface area contributed by atoms with Crippen LogP contribution in [0.25, 0.3) is 11.3 Å². The van der Waals surface area contributed by atoms with Gasteiger partial charge in [0, 0.05) is 11.6 Å². The van der Waals surface area contributed by atoms with Crippen LogP contribution in [0, 0.1) is 0 Å². The van der Waals surface area contributed by atoms with E-state index < -0.39 is 11.7 Å². The Kier molecular flexibility index (Phi) is 5.81. The number of hydrogen-bond donors (Lipinski definition) is 0. The Morgan fingerprint density at radius 1 is 1.30 bits per heavy atom. The van der Waals surface area contributed by atoms with Gasteiger partial charge >= 0.3 is 6.18 Å². The monoisotopic (exact) mass is 390 g/mol. The lowest BCUT2D eigenvalue weighted by atomic mass is 10.1. The fourth-order valence-corrected chi connectivity index (χ4v) is 2.11.